The zero-order valence-electron chi connectivity index (χ0n) is 16.5. The van der Waals surface area contributed by atoms with Crippen LogP contribution in [-0.2, 0) is 18.0 Å². The average molecular weight is 432 g/mol. The Hall–Kier alpha value is 0.220. The molecule has 0 saturated carbocycles. The zero-order chi connectivity index (χ0) is 20.6. The van der Waals surface area contributed by atoms with Crippen molar-refractivity contribution in [1.29, 1.82) is 0 Å². The molecule has 0 aliphatic heterocycles. The smallest absolute Gasteiger partial charge is 0.393 e. The average Bonchev–Trinajstić information content (AvgIpc) is 2.51. The van der Waals surface area contributed by atoms with Gasteiger partial charge in [0.25, 0.3) is 0 Å². The summed E-state index contributed by atoms with van der Waals surface area (Å²) in [6, 6.07) is 0. The van der Waals surface area contributed by atoms with Crippen LogP contribution in [-0.4, -0.2) is 32.5 Å². The van der Waals surface area contributed by atoms with Crippen LogP contribution in [0.4, 0.5) is 0 Å². The Kier molecular flexibility index (Phi) is 16.2. The minimum absolute atomic E-state index is 0.0645. The highest BCUT2D eigenvalue weighted by Gasteiger charge is 2.31. The Morgan fingerprint density at radius 1 is 0.704 bits per heavy atom. The molecule has 0 fully saturated rings. The molecule has 0 spiro atoms. The van der Waals surface area contributed by atoms with E-state index < -0.39 is 15.6 Å². The Morgan fingerprint density at radius 3 is 1.44 bits per heavy atom. The Labute approximate surface area is 163 Å². The van der Waals surface area contributed by atoms with Crippen LogP contribution in [0.1, 0.15) is 96.8 Å². The molecule has 2 unspecified atom stereocenters. The molecule has 0 aliphatic rings. The molecule has 0 amide bonds. The third-order valence-electron chi connectivity index (χ3n) is 4.23. The second-order valence-electron chi connectivity index (χ2n) is 7.11. The van der Waals surface area contributed by atoms with Gasteiger partial charge in [0.05, 0.1) is 12.7 Å². The van der Waals surface area contributed by atoms with Crippen LogP contribution >= 0.6 is 15.6 Å². The summed E-state index contributed by atoms with van der Waals surface area (Å²) in [5.41, 5.74) is 0. The summed E-state index contributed by atoms with van der Waals surface area (Å²) in [5.74, 6) is 0. The molecule has 10 heteroatoms. The lowest BCUT2D eigenvalue weighted by Crippen LogP contribution is -1.98. The van der Waals surface area contributed by atoms with E-state index in [1.165, 1.54) is 51.4 Å². The Bertz CT molecular complexity index is 439. The maximum atomic E-state index is 11.2. The molecule has 0 radical (unpaired) electrons. The molecule has 0 aromatic rings. The summed E-state index contributed by atoms with van der Waals surface area (Å²) >= 11 is 0. The van der Waals surface area contributed by atoms with Crippen molar-refractivity contribution < 1.29 is 37.8 Å². The minimum Gasteiger partial charge on any atom is -0.393 e. The lowest BCUT2D eigenvalue weighted by Gasteiger charge is -2.12. The molecule has 27 heavy (non-hydrogen) atoms. The number of hydrogen-bond donors (Lipinski definition) is 4. The highest BCUT2D eigenvalue weighted by atomic mass is 31.3. The third kappa shape index (κ3) is 22.4. The molecule has 0 rings (SSSR count). The molecule has 8 nitrogen and oxygen atoms in total. The summed E-state index contributed by atoms with van der Waals surface area (Å²) in [7, 11) is -9.71. The van der Waals surface area contributed by atoms with Crippen molar-refractivity contribution in [2.75, 3.05) is 6.61 Å². The van der Waals surface area contributed by atoms with Crippen LogP contribution in [0.5, 0.6) is 0 Å². The van der Waals surface area contributed by atoms with E-state index in [1.807, 2.05) is 6.92 Å². The second-order valence-corrected chi connectivity index (χ2v) is 9.94. The lowest BCUT2D eigenvalue weighted by molar-refractivity contribution is 0.175. The van der Waals surface area contributed by atoms with Gasteiger partial charge >= 0.3 is 15.6 Å². The molecular formula is C17H38O8P2. The highest BCUT2D eigenvalue weighted by Crippen LogP contribution is 2.57. The van der Waals surface area contributed by atoms with Gasteiger partial charge in [0.15, 0.2) is 0 Å². The minimum atomic E-state index is -5.03. The first kappa shape index (κ1) is 27.2. The number of unbranched alkanes of at least 4 members (excludes halogenated alkanes) is 12. The Morgan fingerprint density at radius 2 is 1.07 bits per heavy atom. The predicted molar refractivity (Wildman–Crippen MR) is 105 cm³/mol. The zero-order valence-corrected chi connectivity index (χ0v) is 18.3. The fraction of sp³-hybridized carbons (Fsp3) is 1.00. The summed E-state index contributed by atoms with van der Waals surface area (Å²) in [6.07, 6.45) is 15.3. The molecule has 0 saturated heterocycles. The van der Waals surface area contributed by atoms with Crippen molar-refractivity contribution in [2.45, 2.75) is 103 Å². The van der Waals surface area contributed by atoms with Gasteiger partial charge < -0.3 is 19.8 Å². The number of aliphatic hydroxyl groups excluding tert-OH is 1. The normalized spacial score (nSPS) is 15.6. The predicted octanol–water partition coefficient (Wildman–Crippen LogP) is 5.05. The number of aliphatic hydroxyl groups is 1. The first-order valence-electron chi connectivity index (χ1n) is 10.0. The van der Waals surface area contributed by atoms with E-state index in [0.717, 1.165) is 32.1 Å². The second kappa shape index (κ2) is 16.1. The first-order chi connectivity index (χ1) is 12.6. The van der Waals surface area contributed by atoms with Gasteiger partial charge in [-0.25, -0.2) is 9.13 Å². The molecule has 0 heterocycles. The van der Waals surface area contributed by atoms with Gasteiger partial charge in [-0.3, -0.25) is 4.52 Å². The molecule has 0 aromatic carbocycles. The lowest BCUT2D eigenvalue weighted by atomic mass is 10.0. The molecule has 2 atom stereocenters. The molecular weight excluding hydrogens is 394 g/mol. The van der Waals surface area contributed by atoms with E-state index >= 15 is 0 Å². The van der Waals surface area contributed by atoms with Gasteiger partial charge in [-0.05, 0) is 19.8 Å². The van der Waals surface area contributed by atoms with Gasteiger partial charge in [0.2, 0.25) is 0 Å². The van der Waals surface area contributed by atoms with Crippen LogP contribution in [0.3, 0.4) is 0 Å². The van der Waals surface area contributed by atoms with Crippen LogP contribution in [0, 0.1) is 0 Å². The van der Waals surface area contributed by atoms with Gasteiger partial charge in [-0.15, -0.1) is 0 Å². The molecule has 0 aromatic heterocycles. The van der Waals surface area contributed by atoms with Gasteiger partial charge in [0.1, 0.15) is 0 Å². The van der Waals surface area contributed by atoms with Crippen molar-refractivity contribution in [1.82, 2.24) is 0 Å². The van der Waals surface area contributed by atoms with E-state index in [9.17, 15) is 9.13 Å². The number of phosphoric ester groups is 1. The molecule has 0 bridgehead atoms. The van der Waals surface area contributed by atoms with Crippen molar-refractivity contribution in [2.24, 2.45) is 0 Å². The van der Waals surface area contributed by atoms with Crippen LogP contribution in [0.25, 0.3) is 0 Å². The fourth-order valence-electron chi connectivity index (χ4n) is 2.82. The molecule has 4 N–H and O–H groups in total. The largest absolute Gasteiger partial charge is 0.481 e. The maximum Gasteiger partial charge on any atom is 0.481 e. The van der Waals surface area contributed by atoms with E-state index in [4.69, 9.17) is 19.8 Å². The monoisotopic (exact) mass is 432 g/mol. The van der Waals surface area contributed by atoms with E-state index in [0.29, 0.717) is 6.42 Å². The quantitative estimate of drug-likeness (QED) is 0.164. The van der Waals surface area contributed by atoms with Gasteiger partial charge in [0, 0.05) is 0 Å². The van der Waals surface area contributed by atoms with Crippen molar-refractivity contribution in [3.8, 4) is 0 Å². The third-order valence-corrected chi connectivity index (χ3v) is 6.42. The van der Waals surface area contributed by atoms with Crippen molar-refractivity contribution >= 4 is 15.6 Å². The number of hydrogen-bond acceptors (Lipinski definition) is 5. The van der Waals surface area contributed by atoms with Gasteiger partial charge in [-0.1, -0.05) is 77.0 Å². The van der Waals surface area contributed by atoms with Crippen molar-refractivity contribution in [3.63, 3.8) is 0 Å². The van der Waals surface area contributed by atoms with Crippen LogP contribution in [0.15, 0.2) is 0 Å². The number of rotatable bonds is 19. The topological polar surface area (TPSA) is 134 Å². The van der Waals surface area contributed by atoms with E-state index in [-0.39, 0.29) is 12.7 Å². The van der Waals surface area contributed by atoms with Gasteiger partial charge in [-0.2, -0.15) is 4.31 Å². The fourth-order valence-corrected chi connectivity index (χ4v) is 4.45. The summed E-state index contributed by atoms with van der Waals surface area (Å²) in [6.45, 7) is 1.77. The summed E-state index contributed by atoms with van der Waals surface area (Å²) in [5, 5.41) is 9.17. The molecule has 164 valence electrons. The van der Waals surface area contributed by atoms with Crippen LogP contribution in [0.2, 0.25) is 0 Å². The summed E-state index contributed by atoms with van der Waals surface area (Å²) < 4.78 is 29.9. The number of phosphoric acid groups is 2. The molecule has 0 aliphatic carbocycles. The van der Waals surface area contributed by atoms with E-state index in [1.54, 1.807) is 0 Å². The highest BCUT2D eigenvalue weighted by molar-refractivity contribution is 7.60. The van der Waals surface area contributed by atoms with E-state index in [2.05, 4.69) is 8.83 Å². The summed E-state index contributed by atoms with van der Waals surface area (Å²) in [4.78, 5) is 26.0. The standard InChI is InChI=1S/C17H38O8P2/c1-17(18)15-13-11-9-7-5-3-2-4-6-8-10-12-14-16-24-27(22,23)25-26(19,20)21/h17-18H,2-16H2,1H3,(H,22,23)(H2,19,20,21). The first-order valence-corrected chi connectivity index (χ1v) is 13.1. The maximum absolute atomic E-state index is 11.2. The van der Waals surface area contributed by atoms with Crippen molar-refractivity contribution in [3.05, 3.63) is 0 Å². The SMILES string of the molecule is CC(O)CCCCCCCCCCCCCCCOP(=O)(O)OP(=O)(O)O. The van der Waals surface area contributed by atoms with Crippen LogP contribution < -0.4 is 0 Å². The Balaban J connectivity index is 3.28.